The van der Waals surface area contributed by atoms with E-state index in [1.807, 2.05) is 30.3 Å². The summed E-state index contributed by atoms with van der Waals surface area (Å²) in [5, 5.41) is 35.7. The van der Waals surface area contributed by atoms with Gasteiger partial charge in [-0.25, -0.2) is 9.48 Å². The summed E-state index contributed by atoms with van der Waals surface area (Å²) in [6, 6.07) is 12.9. The lowest BCUT2D eigenvalue weighted by atomic mass is 10.1. The van der Waals surface area contributed by atoms with Crippen molar-refractivity contribution in [2.75, 3.05) is 6.54 Å². The Labute approximate surface area is 197 Å². The maximum Gasteiger partial charge on any atom is 0.490 e. The van der Waals surface area contributed by atoms with E-state index in [0.29, 0.717) is 0 Å². The van der Waals surface area contributed by atoms with Gasteiger partial charge < -0.3 is 15.5 Å². The molecule has 4 rings (SSSR count). The van der Waals surface area contributed by atoms with Crippen molar-refractivity contribution in [3.05, 3.63) is 70.6 Å². The number of aromatic amines is 1. The zero-order valence-electron chi connectivity index (χ0n) is 17.0. The Morgan fingerprint density at radius 1 is 1.18 bits per heavy atom. The van der Waals surface area contributed by atoms with Gasteiger partial charge in [0.1, 0.15) is 0 Å². The number of aliphatic carboxylic acids is 1. The van der Waals surface area contributed by atoms with Gasteiger partial charge in [-0.1, -0.05) is 33.3 Å². The molecule has 1 atom stereocenters. The molecule has 0 spiro atoms. The molecule has 0 saturated carbocycles. The number of carboxylic acids is 1. The summed E-state index contributed by atoms with van der Waals surface area (Å²) in [5.41, 5.74) is 2.57. The summed E-state index contributed by atoms with van der Waals surface area (Å²) in [5.74, 6) is -3.16. The zero-order valence-corrected chi connectivity index (χ0v) is 18.6. The molecule has 4 N–H and O–H groups in total. The second-order valence-electron chi connectivity index (χ2n) is 6.77. The Morgan fingerprint density at radius 3 is 2.50 bits per heavy atom. The summed E-state index contributed by atoms with van der Waals surface area (Å²) in [7, 11) is 0. The molecule has 1 amide bonds. The Morgan fingerprint density at radius 2 is 1.85 bits per heavy atom. The van der Waals surface area contributed by atoms with Crippen LogP contribution in [-0.4, -0.2) is 60.0 Å². The molecule has 0 fully saturated rings. The summed E-state index contributed by atoms with van der Waals surface area (Å²) >= 11 is 3.35. The highest BCUT2D eigenvalue weighted by molar-refractivity contribution is 9.10. The standard InChI is InChI=1S/C18H15BrN6O2.C2HF3O2/c19-13-3-1-11(2-4-13)17(26)9-20-18(27)16-10-25(24-23-16)14-5-6-15-12(7-14)8-21-22-15;3-2(4,5)1(6)7/h1-8,10,17,26H,9H2,(H,20,27)(H,21,22);(H,6,7). The van der Waals surface area contributed by atoms with Crippen molar-refractivity contribution in [2.24, 2.45) is 0 Å². The lowest BCUT2D eigenvalue weighted by Crippen LogP contribution is -2.28. The third kappa shape index (κ3) is 6.39. The molecule has 0 aliphatic heterocycles. The molecule has 0 radical (unpaired) electrons. The topological polar surface area (TPSA) is 146 Å². The molecule has 4 aromatic rings. The molecular weight excluding hydrogens is 525 g/mol. The maximum absolute atomic E-state index is 12.3. The Hall–Kier alpha value is -3.78. The van der Waals surface area contributed by atoms with E-state index in [1.54, 1.807) is 24.5 Å². The van der Waals surface area contributed by atoms with Crippen molar-refractivity contribution >= 4 is 38.7 Å². The molecule has 0 aliphatic carbocycles. The highest BCUT2D eigenvalue weighted by Gasteiger charge is 2.38. The lowest BCUT2D eigenvalue weighted by Gasteiger charge is -2.11. The molecule has 14 heteroatoms. The smallest absolute Gasteiger partial charge is 0.475 e. The number of aliphatic hydroxyl groups excluding tert-OH is 1. The van der Waals surface area contributed by atoms with E-state index in [0.717, 1.165) is 26.6 Å². The number of amides is 1. The number of nitrogens with zero attached hydrogens (tertiary/aromatic N) is 4. The van der Waals surface area contributed by atoms with E-state index in [-0.39, 0.29) is 12.2 Å². The fourth-order valence-electron chi connectivity index (χ4n) is 2.65. The quantitative estimate of drug-likeness (QED) is 0.304. The van der Waals surface area contributed by atoms with Crippen molar-refractivity contribution in [2.45, 2.75) is 12.3 Å². The van der Waals surface area contributed by atoms with Crippen molar-refractivity contribution in [1.29, 1.82) is 0 Å². The second-order valence-corrected chi connectivity index (χ2v) is 7.69. The lowest BCUT2D eigenvalue weighted by molar-refractivity contribution is -0.192. The van der Waals surface area contributed by atoms with Crippen LogP contribution in [0.1, 0.15) is 22.2 Å². The minimum absolute atomic E-state index is 0.0777. The molecule has 0 bridgehead atoms. The number of aromatic nitrogens is 5. The van der Waals surface area contributed by atoms with Gasteiger partial charge in [0, 0.05) is 16.4 Å². The highest BCUT2D eigenvalue weighted by atomic mass is 79.9. The average Bonchev–Trinajstić information content (AvgIpc) is 3.46. The van der Waals surface area contributed by atoms with Gasteiger partial charge in [-0.05, 0) is 35.9 Å². The van der Waals surface area contributed by atoms with E-state index in [4.69, 9.17) is 9.90 Å². The number of benzene rings is 2. The van der Waals surface area contributed by atoms with Crippen LogP contribution in [0.3, 0.4) is 0 Å². The number of carbonyl (C=O) groups excluding carboxylic acids is 1. The number of hydrogen-bond donors (Lipinski definition) is 4. The van der Waals surface area contributed by atoms with Crippen molar-refractivity contribution in [1.82, 2.24) is 30.5 Å². The molecule has 34 heavy (non-hydrogen) atoms. The van der Waals surface area contributed by atoms with Crippen molar-refractivity contribution in [3.63, 3.8) is 0 Å². The molecule has 2 aromatic carbocycles. The SMILES string of the molecule is O=C(NCC(O)c1ccc(Br)cc1)c1cn(-c2ccc3[nH]ncc3c2)nn1.O=C(O)C(F)(F)F. The number of aliphatic hydroxyl groups is 1. The minimum atomic E-state index is -5.08. The van der Waals surface area contributed by atoms with Gasteiger partial charge in [0.05, 0.1) is 29.7 Å². The Balaban J connectivity index is 0.000000406. The fourth-order valence-corrected chi connectivity index (χ4v) is 2.91. The van der Waals surface area contributed by atoms with Crippen LogP contribution < -0.4 is 5.32 Å². The summed E-state index contributed by atoms with van der Waals surface area (Å²) in [6.45, 7) is 0.0777. The van der Waals surface area contributed by atoms with Crippen molar-refractivity contribution < 1.29 is 33.0 Å². The second kappa shape index (κ2) is 10.4. The van der Waals surface area contributed by atoms with Crippen LogP contribution >= 0.6 is 15.9 Å². The van der Waals surface area contributed by atoms with Gasteiger partial charge in [0.25, 0.3) is 5.91 Å². The maximum atomic E-state index is 12.3. The monoisotopic (exact) mass is 540 g/mol. The first-order valence-corrected chi connectivity index (χ1v) is 10.2. The van der Waals surface area contributed by atoms with Crippen LogP contribution in [0.25, 0.3) is 16.6 Å². The van der Waals surface area contributed by atoms with Gasteiger partial charge in [-0.2, -0.15) is 18.3 Å². The predicted molar refractivity (Wildman–Crippen MR) is 116 cm³/mol. The number of alkyl halides is 3. The number of halogens is 4. The molecule has 0 saturated heterocycles. The van der Waals surface area contributed by atoms with Gasteiger partial charge in [-0.3, -0.25) is 9.89 Å². The third-order valence-electron chi connectivity index (χ3n) is 4.37. The van der Waals surface area contributed by atoms with Gasteiger partial charge >= 0.3 is 12.1 Å². The zero-order chi connectivity index (χ0) is 24.9. The molecule has 0 aliphatic rings. The minimum Gasteiger partial charge on any atom is -0.475 e. The largest absolute Gasteiger partial charge is 0.490 e. The number of fused-ring (bicyclic) bond motifs is 1. The van der Waals surface area contributed by atoms with Crippen LogP contribution in [-0.2, 0) is 4.79 Å². The van der Waals surface area contributed by atoms with Crippen LogP contribution in [0, 0.1) is 0 Å². The highest BCUT2D eigenvalue weighted by Crippen LogP contribution is 2.17. The van der Waals surface area contributed by atoms with Crippen LogP contribution in [0.15, 0.2) is 59.3 Å². The first kappa shape index (κ1) is 24.9. The summed E-state index contributed by atoms with van der Waals surface area (Å²) in [6.07, 6.45) is -2.63. The summed E-state index contributed by atoms with van der Waals surface area (Å²) < 4.78 is 34.2. The van der Waals surface area contributed by atoms with E-state index in [9.17, 15) is 23.1 Å². The molecule has 178 valence electrons. The van der Waals surface area contributed by atoms with E-state index < -0.39 is 24.2 Å². The average molecular weight is 541 g/mol. The van der Waals surface area contributed by atoms with Crippen LogP contribution in [0.2, 0.25) is 0 Å². The molecular formula is C20H16BrF3N6O4. The van der Waals surface area contributed by atoms with Gasteiger partial charge in [0.2, 0.25) is 0 Å². The molecule has 1 unspecified atom stereocenters. The van der Waals surface area contributed by atoms with Gasteiger partial charge in [-0.15, -0.1) is 5.10 Å². The molecule has 10 nitrogen and oxygen atoms in total. The van der Waals surface area contributed by atoms with Gasteiger partial charge in [0.15, 0.2) is 5.69 Å². The third-order valence-corrected chi connectivity index (χ3v) is 4.90. The molecule has 2 aromatic heterocycles. The van der Waals surface area contributed by atoms with E-state index in [2.05, 4.69) is 41.8 Å². The van der Waals surface area contributed by atoms with E-state index in [1.165, 1.54) is 4.68 Å². The number of nitrogens with one attached hydrogen (secondary N) is 2. The fraction of sp³-hybridized carbons (Fsp3) is 0.150. The normalized spacial score (nSPS) is 12.0. The first-order chi connectivity index (χ1) is 16.0. The number of carbonyl (C=O) groups is 2. The van der Waals surface area contributed by atoms with E-state index >= 15 is 0 Å². The first-order valence-electron chi connectivity index (χ1n) is 9.42. The van der Waals surface area contributed by atoms with Crippen molar-refractivity contribution in [3.8, 4) is 5.69 Å². The van der Waals surface area contributed by atoms with Crippen LogP contribution in [0.4, 0.5) is 13.2 Å². The predicted octanol–water partition coefficient (Wildman–Crippen LogP) is 3.00. The number of hydrogen-bond acceptors (Lipinski definition) is 6. The number of H-pyrrole nitrogens is 1. The summed E-state index contributed by atoms with van der Waals surface area (Å²) in [4.78, 5) is 21.2. The number of carboxylic acid groups (broad SMARTS) is 1. The van der Waals surface area contributed by atoms with Crippen LogP contribution in [0.5, 0.6) is 0 Å². The number of rotatable bonds is 5. The Bertz CT molecular complexity index is 1290. The molecule has 2 heterocycles. The Kier molecular flexibility index (Phi) is 7.63.